The molecule has 0 unspecified atom stereocenters. The van der Waals surface area contributed by atoms with Gasteiger partial charge in [0, 0.05) is 6.42 Å². The molecule has 2 bridgehead atoms. The highest BCUT2D eigenvalue weighted by atomic mass is 79.9. The van der Waals surface area contributed by atoms with Gasteiger partial charge >= 0.3 is 6.18 Å². The Balaban J connectivity index is 1.55. The predicted octanol–water partition coefficient (Wildman–Crippen LogP) is 6.25. The number of nitrogens with zero attached hydrogens (tertiary/aromatic N) is 2. The van der Waals surface area contributed by atoms with Crippen LogP contribution in [0.3, 0.4) is 0 Å². The highest BCUT2D eigenvalue weighted by molar-refractivity contribution is 9.10. The molecule has 182 valence electrons. The summed E-state index contributed by atoms with van der Waals surface area (Å²) in [5.74, 6) is -0.129. The zero-order valence-corrected chi connectivity index (χ0v) is 20.1. The van der Waals surface area contributed by atoms with Crippen LogP contribution in [0, 0.1) is 11.3 Å². The molecule has 6 nitrogen and oxygen atoms in total. The standard InChI is InChI=1S/C25H20BrF3N2O4/c1-23-8-9-24(35-23,10-11-34-18-5-3-2-4-17(18)26)20-19(23)21(32)31(22(20)33)15-7-6-14(13-30)16(12-15)25(27,28)29/h2-7,12,32-33H,8-11H2,1H3/t23-,24-/m1/s1. The number of nitriles is 1. The topological polar surface area (TPSA) is 87.6 Å². The van der Waals surface area contributed by atoms with Crippen molar-refractivity contribution in [3.8, 4) is 29.3 Å². The molecule has 5 rings (SSSR count). The number of aromatic hydroxyl groups is 2. The maximum Gasteiger partial charge on any atom is 0.417 e. The summed E-state index contributed by atoms with van der Waals surface area (Å²) in [6.07, 6.45) is -3.31. The Kier molecular flexibility index (Phi) is 5.34. The molecule has 2 atom stereocenters. The van der Waals surface area contributed by atoms with Crippen molar-refractivity contribution in [1.29, 1.82) is 5.26 Å². The molecule has 1 aromatic heterocycles. The third-order valence-corrected chi connectivity index (χ3v) is 7.47. The predicted molar refractivity (Wildman–Crippen MR) is 122 cm³/mol. The molecule has 0 saturated carbocycles. The van der Waals surface area contributed by atoms with Crippen LogP contribution in [0.1, 0.15) is 48.4 Å². The fourth-order valence-corrected chi connectivity index (χ4v) is 5.64. The molecule has 2 aliphatic heterocycles. The summed E-state index contributed by atoms with van der Waals surface area (Å²) in [4.78, 5) is 0. The van der Waals surface area contributed by atoms with Crippen LogP contribution in [0.5, 0.6) is 17.5 Å². The maximum atomic E-state index is 13.5. The molecule has 1 saturated heterocycles. The number of alkyl halides is 3. The summed E-state index contributed by atoms with van der Waals surface area (Å²) in [7, 11) is 0. The summed E-state index contributed by atoms with van der Waals surface area (Å²) >= 11 is 3.43. The normalized spacial score (nSPS) is 22.7. The Morgan fingerprint density at radius 2 is 1.86 bits per heavy atom. The molecule has 3 aromatic rings. The lowest BCUT2D eigenvalue weighted by atomic mass is 9.78. The number of aromatic nitrogens is 1. The summed E-state index contributed by atoms with van der Waals surface area (Å²) in [6.45, 7) is 2.04. The van der Waals surface area contributed by atoms with Gasteiger partial charge in [-0.05, 0) is 66.0 Å². The first-order valence-corrected chi connectivity index (χ1v) is 11.7. The number of benzene rings is 2. The van der Waals surface area contributed by atoms with E-state index in [9.17, 15) is 23.4 Å². The van der Waals surface area contributed by atoms with E-state index in [1.54, 1.807) is 6.92 Å². The Bertz CT molecular complexity index is 1380. The summed E-state index contributed by atoms with van der Waals surface area (Å²) in [5.41, 5.74) is -2.95. The summed E-state index contributed by atoms with van der Waals surface area (Å²) in [5, 5.41) is 31.4. The number of ether oxygens (including phenoxy) is 2. The second-order valence-corrected chi connectivity index (χ2v) is 9.78. The molecular weight excluding hydrogens is 529 g/mol. The van der Waals surface area contributed by atoms with Gasteiger partial charge in [-0.15, -0.1) is 0 Å². The van der Waals surface area contributed by atoms with Gasteiger partial charge in [-0.2, -0.15) is 18.4 Å². The number of hydrogen-bond acceptors (Lipinski definition) is 5. The Hall–Kier alpha value is -3.16. The Labute approximate surface area is 207 Å². The zero-order valence-electron chi connectivity index (χ0n) is 18.5. The Morgan fingerprint density at radius 1 is 1.14 bits per heavy atom. The van der Waals surface area contributed by atoms with E-state index < -0.39 is 28.5 Å². The van der Waals surface area contributed by atoms with Gasteiger partial charge in [0.05, 0.1) is 50.7 Å². The first-order valence-electron chi connectivity index (χ1n) is 10.9. The highest BCUT2D eigenvalue weighted by Gasteiger charge is 2.61. The van der Waals surface area contributed by atoms with Crippen molar-refractivity contribution < 1.29 is 32.9 Å². The third-order valence-electron chi connectivity index (χ3n) is 6.82. The second-order valence-electron chi connectivity index (χ2n) is 8.93. The number of halogens is 4. The SMILES string of the molecule is C[C@]12CC[C@](CCOc3ccccc3Br)(O1)c1c2c(O)n(-c2ccc(C#N)c(C(F)(F)F)c2)c1O. The van der Waals surface area contributed by atoms with Crippen molar-refractivity contribution in [2.24, 2.45) is 0 Å². The molecule has 0 amide bonds. The van der Waals surface area contributed by atoms with Gasteiger partial charge < -0.3 is 19.7 Å². The largest absolute Gasteiger partial charge is 0.494 e. The van der Waals surface area contributed by atoms with E-state index in [2.05, 4.69) is 15.9 Å². The molecule has 2 N–H and O–H groups in total. The quantitative estimate of drug-likeness (QED) is 0.393. The van der Waals surface area contributed by atoms with Crippen molar-refractivity contribution in [2.75, 3.05) is 6.61 Å². The molecule has 0 spiro atoms. The van der Waals surface area contributed by atoms with Crippen molar-refractivity contribution in [1.82, 2.24) is 4.57 Å². The fraction of sp³-hybridized carbons (Fsp3) is 0.320. The average Bonchev–Trinajstić information content (AvgIpc) is 3.38. The van der Waals surface area contributed by atoms with E-state index in [-0.39, 0.29) is 24.1 Å². The van der Waals surface area contributed by atoms with E-state index in [0.717, 1.165) is 21.2 Å². The number of fused-ring (bicyclic) bond motifs is 5. The fourth-order valence-electron chi connectivity index (χ4n) is 5.24. The van der Waals surface area contributed by atoms with Crippen LogP contribution in [0.4, 0.5) is 13.2 Å². The van der Waals surface area contributed by atoms with E-state index >= 15 is 0 Å². The third kappa shape index (κ3) is 3.56. The number of hydrogen-bond donors (Lipinski definition) is 2. The second kappa shape index (κ2) is 7.93. The molecular formula is C25H20BrF3N2O4. The monoisotopic (exact) mass is 548 g/mol. The van der Waals surface area contributed by atoms with Crippen LogP contribution in [0.25, 0.3) is 5.69 Å². The van der Waals surface area contributed by atoms with E-state index in [1.807, 2.05) is 24.3 Å². The van der Waals surface area contributed by atoms with Crippen molar-refractivity contribution in [3.05, 3.63) is 69.2 Å². The van der Waals surface area contributed by atoms with Gasteiger partial charge in [0.1, 0.15) is 11.4 Å². The maximum absolute atomic E-state index is 13.5. The molecule has 10 heteroatoms. The van der Waals surface area contributed by atoms with Crippen LogP contribution in [-0.4, -0.2) is 21.4 Å². The van der Waals surface area contributed by atoms with Crippen LogP contribution in [0.2, 0.25) is 0 Å². The van der Waals surface area contributed by atoms with E-state index in [1.165, 1.54) is 12.1 Å². The van der Waals surface area contributed by atoms with Crippen LogP contribution in [-0.2, 0) is 22.1 Å². The van der Waals surface area contributed by atoms with Crippen molar-refractivity contribution in [3.63, 3.8) is 0 Å². The number of rotatable bonds is 5. The average molecular weight is 549 g/mol. The smallest absolute Gasteiger partial charge is 0.417 e. The van der Waals surface area contributed by atoms with E-state index in [4.69, 9.17) is 14.7 Å². The summed E-state index contributed by atoms with van der Waals surface area (Å²) in [6, 6.07) is 11.9. The van der Waals surface area contributed by atoms with Crippen LogP contribution < -0.4 is 4.74 Å². The molecule has 3 heterocycles. The first kappa shape index (κ1) is 23.6. The summed E-state index contributed by atoms with van der Waals surface area (Å²) < 4.78 is 54.6. The van der Waals surface area contributed by atoms with Gasteiger partial charge in [0.15, 0.2) is 0 Å². The lowest BCUT2D eigenvalue weighted by molar-refractivity contribution is -0.137. The van der Waals surface area contributed by atoms with E-state index in [0.29, 0.717) is 36.1 Å². The minimum atomic E-state index is -4.78. The van der Waals surface area contributed by atoms with Gasteiger partial charge in [0.25, 0.3) is 0 Å². The van der Waals surface area contributed by atoms with Crippen molar-refractivity contribution in [2.45, 2.75) is 43.6 Å². The van der Waals surface area contributed by atoms with Crippen molar-refractivity contribution >= 4 is 15.9 Å². The molecule has 2 aliphatic rings. The lowest BCUT2D eigenvalue weighted by Gasteiger charge is -2.26. The van der Waals surface area contributed by atoms with Crippen LogP contribution in [0.15, 0.2) is 46.9 Å². The van der Waals surface area contributed by atoms with Gasteiger partial charge in [0.2, 0.25) is 11.8 Å². The minimum absolute atomic E-state index is 0.108. The zero-order chi connectivity index (χ0) is 25.2. The first-order chi connectivity index (χ1) is 16.5. The van der Waals surface area contributed by atoms with Crippen LogP contribution >= 0.6 is 15.9 Å². The Morgan fingerprint density at radius 3 is 2.54 bits per heavy atom. The molecule has 35 heavy (non-hydrogen) atoms. The molecule has 0 aliphatic carbocycles. The minimum Gasteiger partial charge on any atom is -0.494 e. The highest BCUT2D eigenvalue weighted by Crippen LogP contribution is 2.65. The lowest BCUT2D eigenvalue weighted by Crippen LogP contribution is -2.25. The molecule has 0 radical (unpaired) electrons. The number of para-hydroxylation sites is 1. The molecule has 2 aromatic carbocycles. The van der Waals surface area contributed by atoms with Gasteiger partial charge in [-0.3, -0.25) is 4.57 Å². The van der Waals surface area contributed by atoms with Gasteiger partial charge in [-0.25, -0.2) is 0 Å². The molecule has 1 fully saturated rings. The van der Waals surface area contributed by atoms with Gasteiger partial charge in [-0.1, -0.05) is 12.1 Å².